The van der Waals surface area contributed by atoms with Crippen LogP contribution in [0.15, 0.2) is 21.1 Å². The minimum atomic E-state index is -0.0278. The predicted molar refractivity (Wildman–Crippen MR) is 105 cm³/mol. The summed E-state index contributed by atoms with van der Waals surface area (Å²) < 4.78 is 11.2. The molecule has 4 rings (SSSR count). The first-order valence-corrected chi connectivity index (χ1v) is 9.80. The third-order valence-electron chi connectivity index (χ3n) is 5.51. The van der Waals surface area contributed by atoms with E-state index < -0.39 is 0 Å². The Morgan fingerprint density at radius 3 is 2.46 bits per heavy atom. The number of furan rings is 1. The Morgan fingerprint density at radius 2 is 1.82 bits per heavy atom. The van der Waals surface area contributed by atoms with Crippen molar-refractivity contribution in [1.82, 2.24) is 19.9 Å². The highest BCUT2D eigenvalue weighted by Crippen LogP contribution is 2.31. The number of carbonyl (C=O) groups is 1. The second kappa shape index (κ2) is 7.39. The SMILES string of the molecule is CCc1nc(CN2CCN(C(=O)c3oc4c(C)ccc(C)c4c3C)CC2)no1. The molecule has 1 saturated heterocycles. The number of hydrogen-bond acceptors (Lipinski definition) is 6. The van der Waals surface area contributed by atoms with Gasteiger partial charge in [0.15, 0.2) is 11.6 Å². The Labute approximate surface area is 164 Å². The van der Waals surface area contributed by atoms with Crippen LogP contribution in [0.5, 0.6) is 0 Å². The molecule has 0 unspecified atom stereocenters. The van der Waals surface area contributed by atoms with Gasteiger partial charge in [-0.05, 0) is 31.9 Å². The molecule has 0 aliphatic carbocycles. The van der Waals surface area contributed by atoms with Crippen molar-refractivity contribution in [3.8, 4) is 0 Å². The predicted octanol–water partition coefficient (Wildman–Crippen LogP) is 3.26. The minimum absolute atomic E-state index is 0.0278. The van der Waals surface area contributed by atoms with Gasteiger partial charge in [0.25, 0.3) is 5.91 Å². The van der Waals surface area contributed by atoms with Crippen LogP contribution in [0.3, 0.4) is 0 Å². The number of aromatic nitrogens is 2. The van der Waals surface area contributed by atoms with Crippen molar-refractivity contribution in [1.29, 1.82) is 0 Å². The summed E-state index contributed by atoms with van der Waals surface area (Å²) in [7, 11) is 0. The summed E-state index contributed by atoms with van der Waals surface area (Å²) in [5, 5.41) is 5.07. The van der Waals surface area contributed by atoms with Gasteiger partial charge in [-0.15, -0.1) is 0 Å². The zero-order valence-electron chi connectivity index (χ0n) is 16.9. The molecule has 7 nitrogen and oxygen atoms in total. The summed E-state index contributed by atoms with van der Waals surface area (Å²) in [4.78, 5) is 21.6. The van der Waals surface area contributed by atoms with Gasteiger partial charge < -0.3 is 13.8 Å². The van der Waals surface area contributed by atoms with Gasteiger partial charge in [0.05, 0.1) is 6.54 Å². The van der Waals surface area contributed by atoms with Crippen LogP contribution < -0.4 is 0 Å². The summed E-state index contributed by atoms with van der Waals surface area (Å²) in [6.45, 7) is 11.6. The largest absolute Gasteiger partial charge is 0.450 e. The van der Waals surface area contributed by atoms with Crippen molar-refractivity contribution in [2.75, 3.05) is 26.2 Å². The molecular weight excluding hydrogens is 356 g/mol. The van der Waals surface area contributed by atoms with Crippen LogP contribution in [0.4, 0.5) is 0 Å². The third-order valence-corrected chi connectivity index (χ3v) is 5.51. The Hall–Kier alpha value is -2.67. The van der Waals surface area contributed by atoms with E-state index in [-0.39, 0.29) is 5.91 Å². The Kier molecular flexibility index (Phi) is 4.93. The first-order chi connectivity index (χ1) is 13.5. The van der Waals surface area contributed by atoms with E-state index in [2.05, 4.69) is 28.0 Å². The van der Waals surface area contributed by atoms with Crippen LogP contribution in [-0.4, -0.2) is 52.0 Å². The summed E-state index contributed by atoms with van der Waals surface area (Å²) in [6, 6.07) is 4.12. The maximum Gasteiger partial charge on any atom is 0.289 e. The highest BCUT2D eigenvalue weighted by Gasteiger charge is 2.28. The number of rotatable bonds is 4. The fourth-order valence-corrected chi connectivity index (χ4v) is 3.83. The Morgan fingerprint density at radius 1 is 1.11 bits per heavy atom. The molecule has 0 atom stereocenters. The van der Waals surface area contributed by atoms with E-state index in [0.29, 0.717) is 37.1 Å². The molecule has 3 heterocycles. The lowest BCUT2D eigenvalue weighted by Gasteiger charge is -2.33. The van der Waals surface area contributed by atoms with E-state index in [1.807, 2.05) is 31.7 Å². The third kappa shape index (κ3) is 3.30. The Balaban J connectivity index is 1.45. The molecule has 1 fully saturated rings. The van der Waals surface area contributed by atoms with Gasteiger partial charge in [-0.2, -0.15) is 4.98 Å². The summed E-state index contributed by atoms with van der Waals surface area (Å²) >= 11 is 0. The molecule has 2 aromatic heterocycles. The Bertz CT molecular complexity index is 1010. The van der Waals surface area contributed by atoms with Crippen molar-refractivity contribution < 1.29 is 13.7 Å². The smallest absolute Gasteiger partial charge is 0.289 e. The van der Waals surface area contributed by atoms with E-state index in [1.54, 1.807) is 0 Å². The fourth-order valence-electron chi connectivity index (χ4n) is 3.83. The topological polar surface area (TPSA) is 75.6 Å². The van der Waals surface area contributed by atoms with Gasteiger partial charge in [-0.1, -0.05) is 24.2 Å². The summed E-state index contributed by atoms with van der Waals surface area (Å²) in [5.41, 5.74) is 3.95. The van der Waals surface area contributed by atoms with Crippen LogP contribution >= 0.6 is 0 Å². The van der Waals surface area contributed by atoms with Crippen LogP contribution in [0.25, 0.3) is 11.0 Å². The number of aryl methyl sites for hydroxylation is 4. The van der Waals surface area contributed by atoms with Crippen LogP contribution in [0.1, 0.15) is 45.9 Å². The number of amides is 1. The minimum Gasteiger partial charge on any atom is -0.450 e. The molecule has 0 spiro atoms. The van der Waals surface area contributed by atoms with Gasteiger partial charge in [0.1, 0.15) is 5.58 Å². The number of fused-ring (bicyclic) bond motifs is 1. The maximum absolute atomic E-state index is 13.1. The molecule has 1 aliphatic heterocycles. The summed E-state index contributed by atoms with van der Waals surface area (Å²) in [6.07, 6.45) is 0.741. The lowest BCUT2D eigenvalue weighted by Crippen LogP contribution is -2.48. The standard InChI is InChI=1S/C21H26N4O3/c1-5-17-22-16(23-28-17)12-24-8-10-25(11-9-24)21(26)20-15(4)18-13(2)6-7-14(3)19(18)27-20/h6-7H,5,8-12H2,1-4H3. The zero-order chi connectivity index (χ0) is 19.8. The second-order valence-electron chi connectivity index (χ2n) is 7.49. The van der Waals surface area contributed by atoms with Crippen LogP contribution in [0.2, 0.25) is 0 Å². The highest BCUT2D eigenvalue weighted by atomic mass is 16.5. The number of carbonyl (C=O) groups excluding carboxylic acids is 1. The van der Waals surface area contributed by atoms with Gasteiger partial charge >= 0.3 is 0 Å². The van der Waals surface area contributed by atoms with Crippen LogP contribution in [0, 0.1) is 20.8 Å². The van der Waals surface area contributed by atoms with E-state index >= 15 is 0 Å². The van der Waals surface area contributed by atoms with Crippen molar-refractivity contribution in [2.45, 2.75) is 40.7 Å². The number of piperazine rings is 1. The molecule has 148 valence electrons. The first-order valence-electron chi connectivity index (χ1n) is 9.80. The van der Waals surface area contributed by atoms with Gasteiger partial charge in [-0.25, -0.2) is 0 Å². The van der Waals surface area contributed by atoms with Crippen LogP contribution in [-0.2, 0) is 13.0 Å². The molecule has 0 radical (unpaired) electrons. The number of benzene rings is 1. The highest BCUT2D eigenvalue weighted by molar-refractivity contribution is 6.00. The summed E-state index contributed by atoms with van der Waals surface area (Å²) in [5.74, 6) is 1.80. The quantitative estimate of drug-likeness (QED) is 0.689. The average molecular weight is 382 g/mol. The molecule has 3 aromatic rings. The van der Waals surface area contributed by atoms with Gasteiger partial charge in [0, 0.05) is 43.5 Å². The van der Waals surface area contributed by atoms with E-state index in [0.717, 1.165) is 47.2 Å². The lowest BCUT2D eigenvalue weighted by atomic mass is 10.0. The average Bonchev–Trinajstić information content (AvgIpc) is 3.30. The van der Waals surface area contributed by atoms with Crippen molar-refractivity contribution >= 4 is 16.9 Å². The molecule has 1 aliphatic rings. The first kappa shape index (κ1) is 18.7. The molecule has 28 heavy (non-hydrogen) atoms. The molecule has 7 heteroatoms. The van der Waals surface area contributed by atoms with E-state index in [4.69, 9.17) is 8.94 Å². The monoisotopic (exact) mass is 382 g/mol. The van der Waals surface area contributed by atoms with E-state index in [1.165, 1.54) is 0 Å². The molecule has 0 bridgehead atoms. The van der Waals surface area contributed by atoms with Gasteiger partial charge in [0.2, 0.25) is 5.89 Å². The zero-order valence-corrected chi connectivity index (χ0v) is 16.9. The normalized spacial score (nSPS) is 15.5. The van der Waals surface area contributed by atoms with Crippen molar-refractivity contribution in [3.63, 3.8) is 0 Å². The van der Waals surface area contributed by atoms with Gasteiger partial charge in [-0.3, -0.25) is 9.69 Å². The van der Waals surface area contributed by atoms with Crippen molar-refractivity contribution in [2.24, 2.45) is 0 Å². The number of nitrogens with zero attached hydrogens (tertiary/aromatic N) is 4. The molecule has 0 N–H and O–H groups in total. The van der Waals surface area contributed by atoms with Crippen molar-refractivity contribution in [3.05, 3.63) is 46.3 Å². The number of hydrogen-bond donors (Lipinski definition) is 0. The fraction of sp³-hybridized carbons (Fsp3) is 0.476. The molecule has 1 amide bonds. The lowest BCUT2D eigenvalue weighted by molar-refractivity contribution is 0.0595. The maximum atomic E-state index is 13.1. The molecule has 0 saturated carbocycles. The molecule has 1 aromatic carbocycles. The molecular formula is C21H26N4O3. The van der Waals surface area contributed by atoms with E-state index in [9.17, 15) is 4.79 Å². The second-order valence-corrected chi connectivity index (χ2v) is 7.49.